The molecule has 2 heterocycles. The number of fused-ring (bicyclic) bond motifs is 6. The van der Waals surface area contributed by atoms with Crippen molar-refractivity contribution in [3.8, 4) is 6.07 Å². The zero-order chi connectivity index (χ0) is 18.4. The number of H-pyrrole nitrogens is 2. The Labute approximate surface area is 149 Å². The fraction of sp³-hybridized carbons (Fsp3) is 0.167. The Morgan fingerprint density at radius 3 is 2.92 bits per heavy atom. The first-order valence-corrected chi connectivity index (χ1v) is 9.22. The lowest BCUT2D eigenvalue weighted by Gasteiger charge is -2.07. The minimum atomic E-state index is -1.49. The molecular formula is C18H13FN4O2S. The van der Waals surface area contributed by atoms with Gasteiger partial charge in [-0.1, -0.05) is 0 Å². The van der Waals surface area contributed by atoms with Gasteiger partial charge in [0.1, 0.15) is 17.1 Å². The molecule has 2 aromatic heterocycles. The summed E-state index contributed by atoms with van der Waals surface area (Å²) in [6.07, 6.45) is 1.50. The Hall–Kier alpha value is -2.89. The first kappa shape index (κ1) is 16.6. The molecule has 2 N–H and O–H groups in total. The molecule has 0 spiro atoms. The lowest BCUT2D eigenvalue weighted by atomic mass is 10.0. The van der Waals surface area contributed by atoms with Gasteiger partial charge in [-0.3, -0.25) is 9.78 Å². The number of pyridine rings is 1. The molecule has 8 heteroatoms. The third-order valence-electron chi connectivity index (χ3n) is 4.26. The number of nitrogens with one attached hydrogen (secondary N) is 2. The number of nitriles is 1. The van der Waals surface area contributed by atoms with Crippen molar-refractivity contribution >= 4 is 43.8 Å². The molecule has 4 rings (SSSR count). The number of hydrogen-bond donors (Lipinski definition) is 2. The van der Waals surface area contributed by atoms with Gasteiger partial charge in [0.15, 0.2) is 0 Å². The number of aromatic amines is 2. The number of imidazole rings is 1. The van der Waals surface area contributed by atoms with Crippen molar-refractivity contribution in [2.45, 2.75) is 12.1 Å². The molecule has 2 atom stereocenters. The Morgan fingerprint density at radius 2 is 2.15 bits per heavy atom. The van der Waals surface area contributed by atoms with E-state index in [9.17, 15) is 13.7 Å². The van der Waals surface area contributed by atoms with Gasteiger partial charge in [0.25, 0.3) is 5.56 Å². The minimum absolute atomic E-state index is 0.154. The van der Waals surface area contributed by atoms with Crippen LogP contribution in [-0.2, 0) is 11.2 Å². The SMILES string of the molecule is CC(C#N)C[S+]([O-])c1nc2c3ccc(F)cc3c3c(=O)[nH]ccc3c2[nH]1. The zero-order valence-corrected chi connectivity index (χ0v) is 14.5. The van der Waals surface area contributed by atoms with E-state index in [1.54, 1.807) is 19.1 Å². The van der Waals surface area contributed by atoms with E-state index in [4.69, 9.17) is 5.26 Å². The van der Waals surface area contributed by atoms with Crippen LogP contribution in [0.5, 0.6) is 0 Å². The number of hydrogen-bond acceptors (Lipinski definition) is 4. The second kappa shape index (κ2) is 6.12. The monoisotopic (exact) mass is 368 g/mol. The van der Waals surface area contributed by atoms with Gasteiger partial charge >= 0.3 is 5.16 Å². The number of benzene rings is 2. The fourth-order valence-corrected chi connectivity index (χ4v) is 4.17. The van der Waals surface area contributed by atoms with Crippen LogP contribution >= 0.6 is 0 Å². The molecule has 0 aliphatic rings. The molecule has 0 saturated heterocycles. The Morgan fingerprint density at radius 1 is 1.35 bits per heavy atom. The smallest absolute Gasteiger partial charge is 0.321 e. The maximum atomic E-state index is 13.8. The third-order valence-corrected chi connectivity index (χ3v) is 5.68. The first-order valence-electron chi connectivity index (χ1n) is 7.90. The highest BCUT2D eigenvalue weighted by atomic mass is 32.2. The van der Waals surface area contributed by atoms with E-state index in [1.165, 1.54) is 18.3 Å². The van der Waals surface area contributed by atoms with Crippen LogP contribution in [0.1, 0.15) is 6.92 Å². The van der Waals surface area contributed by atoms with Crippen LogP contribution in [0, 0.1) is 23.1 Å². The van der Waals surface area contributed by atoms with Gasteiger partial charge in [0.05, 0.1) is 22.9 Å². The molecule has 2 aromatic carbocycles. The molecule has 6 nitrogen and oxygen atoms in total. The van der Waals surface area contributed by atoms with Crippen molar-refractivity contribution in [1.29, 1.82) is 5.26 Å². The van der Waals surface area contributed by atoms with Crippen molar-refractivity contribution < 1.29 is 8.94 Å². The molecule has 0 fully saturated rings. The predicted molar refractivity (Wildman–Crippen MR) is 97.7 cm³/mol. The van der Waals surface area contributed by atoms with Gasteiger partial charge in [-0.2, -0.15) is 10.2 Å². The molecule has 4 aromatic rings. The third kappa shape index (κ3) is 2.53. The molecule has 2 unspecified atom stereocenters. The normalized spacial score (nSPS) is 13.9. The Balaban J connectivity index is 2.08. The zero-order valence-electron chi connectivity index (χ0n) is 13.7. The summed E-state index contributed by atoms with van der Waals surface area (Å²) in [5, 5.41) is 11.1. The second-order valence-electron chi connectivity index (χ2n) is 6.09. The lowest BCUT2D eigenvalue weighted by molar-refractivity contribution is 0.581. The molecule has 0 bridgehead atoms. The van der Waals surface area contributed by atoms with E-state index < -0.39 is 17.0 Å². The van der Waals surface area contributed by atoms with E-state index in [0.717, 1.165) is 0 Å². The van der Waals surface area contributed by atoms with Gasteiger partial charge in [-0.15, -0.1) is 0 Å². The maximum absolute atomic E-state index is 13.8. The number of rotatable bonds is 3. The number of aromatic nitrogens is 3. The summed E-state index contributed by atoms with van der Waals surface area (Å²) in [6.45, 7) is 1.69. The quantitative estimate of drug-likeness (QED) is 0.428. The van der Waals surface area contributed by atoms with Crippen molar-refractivity contribution in [2.24, 2.45) is 5.92 Å². The van der Waals surface area contributed by atoms with Crippen LogP contribution in [0.15, 0.2) is 40.4 Å². The van der Waals surface area contributed by atoms with Crippen LogP contribution in [0.4, 0.5) is 4.39 Å². The summed E-state index contributed by atoms with van der Waals surface area (Å²) in [6, 6.07) is 7.91. The summed E-state index contributed by atoms with van der Waals surface area (Å²) in [4.78, 5) is 22.4. The highest BCUT2D eigenvalue weighted by Gasteiger charge is 2.22. The van der Waals surface area contributed by atoms with Gasteiger partial charge < -0.3 is 9.54 Å². The molecule has 0 amide bonds. The van der Waals surface area contributed by atoms with Gasteiger partial charge in [-0.25, -0.2) is 4.39 Å². The standard InChI is InChI=1S/C18H13FN4O2S/c1-9(7-20)8-26(25)18-22-15-11-3-2-10(19)6-13(11)14-12(16(15)23-18)4-5-21-17(14)24/h2-6,9H,8H2,1H3,(H,21,24)(H,22,23). The van der Waals surface area contributed by atoms with Crippen LogP contribution in [0.3, 0.4) is 0 Å². The van der Waals surface area contributed by atoms with E-state index in [0.29, 0.717) is 32.6 Å². The molecule has 0 aliphatic carbocycles. The summed E-state index contributed by atoms with van der Waals surface area (Å²) < 4.78 is 26.3. The lowest BCUT2D eigenvalue weighted by Crippen LogP contribution is -2.14. The molecule has 0 aliphatic heterocycles. The summed E-state index contributed by atoms with van der Waals surface area (Å²) in [7, 11) is 0. The predicted octanol–water partition coefficient (Wildman–Crippen LogP) is 2.96. The topological polar surface area (TPSA) is 108 Å². The first-order chi connectivity index (χ1) is 12.5. The van der Waals surface area contributed by atoms with Crippen molar-refractivity contribution in [2.75, 3.05) is 5.75 Å². The minimum Gasteiger partial charge on any atom is -0.609 e. The van der Waals surface area contributed by atoms with E-state index in [2.05, 4.69) is 21.0 Å². The second-order valence-corrected chi connectivity index (χ2v) is 7.50. The van der Waals surface area contributed by atoms with Crippen molar-refractivity contribution in [3.63, 3.8) is 0 Å². The Kier molecular flexibility index (Phi) is 3.90. The van der Waals surface area contributed by atoms with Gasteiger partial charge in [0.2, 0.25) is 0 Å². The number of halogens is 1. The fourth-order valence-electron chi connectivity index (χ4n) is 3.08. The summed E-state index contributed by atoms with van der Waals surface area (Å²) in [5.74, 6) is -0.681. The highest BCUT2D eigenvalue weighted by Crippen LogP contribution is 2.33. The van der Waals surface area contributed by atoms with Crippen LogP contribution in [0.2, 0.25) is 0 Å². The average Bonchev–Trinajstić information content (AvgIpc) is 3.07. The van der Waals surface area contributed by atoms with Crippen molar-refractivity contribution in [3.05, 3.63) is 46.6 Å². The van der Waals surface area contributed by atoms with Crippen LogP contribution in [-0.4, -0.2) is 25.3 Å². The molecule has 26 heavy (non-hydrogen) atoms. The van der Waals surface area contributed by atoms with Crippen molar-refractivity contribution in [1.82, 2.24) is 15.0 Å². The maximum Gasteiger partial charge on any atom is 0.321 e. The largest absolute Gasteiger partial charge is 0.609 e. The van der Waals surface area contributed by atoms with Crippen LogP contribution in [0.25, 0.3) is 32.6 Å². The molecule has 130 valence electrons. The Bertz CT molecular complexity index is 1260. The van der Waals surface area contributed by atoms with Gasteiger partial charge in [0, 0.05) is 33.5 Å². The van der Waals surface area contributed by atoms with E-state index >= 15 is 0 Å². The van der Waals surface area contributed by atoms with E-state index in [1.807, 2.05) is 0 Å². The van der Waals surface area contributed by atoms with Gasteiger partial charge in [-0.05, 0) is 31.2 Å². The molecule has 0 saturated carbocycles. The molecular weight excluding hydrogens is 355 g/mol. The molecule has 0 radical (unpaired) electrons. The summed E-state index contributed by atoms with van der Waals surface area (Å²) in [5.41, 5.74) is 0.750. The van der Waals surface area contributed by atoms with Crippen LogP contribution < -0.4 is 5.56 Å². The summed E-state index contributed by atoms with van der Waals surface area (Å²) >= 11 is -1.49. The van der Waals surface area contributed by atoms with E-state index in [-0.39, 0.29) is 22.4 Å². The number of nitrogens with zero attached hydrogens (tertiary/aromatic N) is 2. The average molecular weight is 368 g/mol. The highest BCUT2D eigenvalue weighted by molar-refractivity contribution is 7.91.